The van der Waals surface area contributed by atoms with Gasteiger partial charge in [-0.05, 0) is 38.8 Å². The van der Waals surface area contributed by atoms with E-state index in [1.807, 2.05) is 6.92 Å². The summed E-state index contributed by atoms with van der Waals surface area (Å²) in [5.41, 5.74) is 0.458. The van der Waals surface area contributed by atoms with Crippen LogP contribution in [0.4, 0.5) is 13.2 Å². The SMILES string of the molecule is CCNC(=NCC(C)(C)N1CCOCC1)NC1CC1c1ccccc1OC(F)(F)F.I. The number of para-hydroxylation sites is 1. The summed E-state index contributed by atoms with van der Waals surface area (Å²) < 4.78 is 47.7. The minimum Gasteiger partial charge on any atom is -0.405 e. The van der Waals surface area contributed by atoms with Crippen molar-refractivity contribution in [3.8, 4) is 5.75 Å². The Kier molecular flexibility index (Phi) is 9.26. The maximum atomic E-state index is 12.7. The Bertz CT molecular complexity index is 740. The Morgan fingerprint density at radius 2 is 1.90 bits per heavy atom. The van der Waals surface area contributed by atoms with E-state index in [0.717, 1.165) is 32.7 Å². The first-order valence-corrected chi connectivity index (χ1v) is 10.4. The average Bonchev–Trinajstić information content (AvgIpc) is 3.45. The first-order chi connectivity index (χ1) is 14.2. The van der Waals surface area contributed by atoms with Gasteiger partial charge in [-0.2, -0.15) is 0 Å². The molecule has 0 amide bonds. The number of benzene rings is 1. The van der Waals surface area contributed by atoms with Gasteiger partial charge < -0.3 is 20.1 Å². The summed E-state index contributed by atoms with van der Waals surface area (Å²) >= 11 is 0. The number of aliphatic imine (C=N–C) groups is 1. The van der Waals surface area contributed by atoms with E-state index in [2.05, 4.69) is 34.1 Å². The highest BCUT2D eigenvalue weighted by Gasteiger charge is 2.42. The Hall–Kier alpha value is -1.27. The summed E-state index contributed by atoms with van der Waals surface area (Å²) in [6.07, 6.45) is -3.97. The molecule has 6 nitrogen and oxygen atoms in total. The van der Waals surface area contributed by atoms with Gasteiger partial charge in [0.15, 0.2) is 5.96 Å². The molecule has 1 aliphatic heterocycles. The van der Waals surface area contributed by atoms with Crippen molar-refractivity contribution in [2.24, 2.45) is 4.99 Å². The first kappa shape index (κ1) is 26.0. The lowest BCUT2D eigenvalue weighted by Gasteiger charge is -2.39. The lowest BCUT2D eigenvalue weighted by Crippen LogP contribution is -2.52. The molecule has 0 spiro atoms. The highest BCUT2D eigenvalue weighted by molar-refractivity contribution is 14.0. The lowest BCUT2D eigenvalue weighted by molar-refractivity contribution is -0.274. The monoisotopic (exact) mass is 556 g/mol. The van der Waals surface area contributed by atoms with E-state index in [1.54, 1.807) is 18.2 Å². The average molecular weight is 556 g/mol. The fourth-order valence-corrected chi connectivity index (χ4v) is 3.74. The highest BCUT2D eigenvalue weighted by Crippen LogP contribution is 2.45. The molecule has 3 rings (SSSR count). The van der Waals surface area contributed by atoms with Crippen molar-refractivity contribution in [1.29, 1.82) is 0 Å². The van der Waals surface area contributed by atoms with Crippen molar-refractivity contribution < 1.29 is 22.6 Å². The van der Waals surface area contributed by atoms with E-state index in [-0.39, 0.29) is 47.2 Å². The van der Waals surface area contributed by atoms with Gasteiger partial charge in [-0.15, -0.1) is 37.1 Å². The van der Waals surface area contributed by atoms with Gasteiger partial charge in [-0.3, -0.25) is 9.89 Å². The number of nitrogens with zero attached hydrogens (tertiary/aromatic N) is 2. The van der Waals surface area contributed by atoms with E-state index in [4.69, 9.17) is 9.73 Å². The predicted molar refractivity (Wildman–Crippen MR) is 125 cm³/mol. The summed E-state index contributed by atoms with van der Waals surface area (Å²) in [7, 11) is 0. The normalized spacial score (nSPS) is 22.5. The van der Waals surface area contributed by atoms with E-state index < -0.39 is 6.36 Å². The van der Waals surface area contributed by atoms with Crippen LogP contribution < -0.4 is 15.4 Å². The molecule has 176 valence electrons. The van der Waals surface area contributed by atoms with Crippen LogP contribution in [-0.2, 0) is 4.74 Å². The standard InChI is InChI=1S/C21H31F3N4O2.HI/c1-4-25-19(26-14-20(2,3)28-9-11-29-12-10-28)27-17-13-16(17)15-7-5-6-8-18(15)30-21(22,23)24;/h5-8,16-17H,4,9-14H2,1-3H3,(H2,25,26,27);1H. The van der Waals surface area contributed by atoms with Crippen molar-refractivity contribution >= 4 is 29.9 Å². The molecule has 1 heterocycles. The van der Waals surface area contributed by atoms with Gasteiger partial charge in [-0.25, -0.2) is 0 Å². The van der Waals surface area contributed by atoms with E-state index in [1.165, 1.54) is 6.07 Å². The Morgan fingerprint density at radius 1 is 1.23 bits per heavy atom. The molecule has 1 aromatic rings. The Labute approximate surface area is 199 Å². The molecule has 1 aromatic carbocycles. The Balaban J connectivity index is 0.00000341. The topological polar surface area (TPSA) is 58.1 Å². The van der Waals surface area contributed by atoms with E-state index in [0.29, 0.717) is 24.6 Å². The fraction of sp³-hybridized carbons (Fsp3) is 0.667. The van der Waals surface area contributed by atoms with E-state index in [9.17, 15) is 13.2 Å². The second-order valence-electron chi connectivity index (χ2n) is 8.29. The zero-order valence-electron chi connectivity index (χ0n) is 18.2. The highest BCUT2D eigenvalue weighted by atomic mass is 127. The summed E-state index contributed by atoms with van der Waals surface area (Å²) in [5, 5.41) is 6.60. The van der Waals surface area contributed by atoms with Crippen LogP contribution in [0.1, 0.15) is 38.7 Å². The molecule has 2 N–H and O–H groups in total. The largest absolute Gasteiger partial charge is 0.573 e. The number of halogens is 4. The third-order valence-corrected chi connectivity index (χ3v) is 5.49. The summed E-state index contributed by atoms with van der Waals surface area (Å²) in [6.45, 7) is 10.8. The van der Waals surface area contributed by atoms with Crippen LogP contribution >= 0.6 is 24.0 Å². The predicted octanol–water partition coefficient (Wildman–Crippen LogP) is 3.73. The third kappa shape index (κ3) is 7.67. The van der Waals surface area contributed by atoms with Gasteiger partial charge in [-0.1, -0.05) is 18.2 Å². The minimum absolute atomic E-state index is 0. The number of hydrogen-bond donors (Lipinski definition) is 2. The first-order valence-electron chi connectivity index (χ1n) is 10.4. The molecular formula is C21H32F3IN4O2. The van der Waals surface area contributed by atoms with Crippen molar-refractivity contribution in [1.82, 2.24) is 15.5 Å². The number of hydrogen-bond acceptors (Lipinski definition) is 4. The third-order valence-electron chi connectivity index (χ3n) is 5.49. The second-order valence-corrected chi connectivity index (χ2v) is 8.29. The molecule has 0 bridgehead atoms. The van der Waals surface area contributed by atoms with Crippen LogP contribution in [0.2, 0.25) is 0 Å². The molecule has 2 atom stereocenters. The number of morpholine rings is 1. The number of ether oxygens (including phenoxy) is 2. The molecule has 0 aromatic heterocycles. The molecule has 1 saturated carbocycles. The zero-order chi connectivity index (χ0) is 21.8. The number of guanidine groups is 1. The van der Waals surface area contributed by atoms with Crippen LogP contribution in [0.25, 0.3) is 0 Å². The Morgan fingerprint density at radius 3 is 2.55 bits per heavy atom. The number of alkyl halides is 3. The molecule has 31 heavy (non-hydrogen) atoms. The maximum Gasteiger partial charge on any atom is 0.573 e. The number of rotatable bonds is 7. The van der Waals surface area contributed by atoms with Gasteiger partial charge in [0.1, 0.15) is 5.75 Å². The van der Waals surface area contributed by atoms with Crippen molar-refractivity contribution in [3.63, 3.8) is 0 Å². The van der Waals surface area contributed by atoms with Crippen molar-refractivity contribution in [3.05, 3.63) is 29.8 Å². The van der Waals surface area contributed by atoms with Gasteiger partial charge in [0, 0.05) is 37.1 Å². The van der Waals surface area contributed by atoms with E-state index >= 15 is 0 Å². The molecule has 2 fully saturated rings. The molecule has 1 saturated heterocycles. The zero-order valence-corrected chi connectivity index (χ0v) is 20.5. The van der Waals surface area contributed by atoms with Gasteiger partial charge in [0.05, 0.1) is 19.8 Å². The van der Waals surface area contributed by atoms with Gasteiger partial charge in [0.2, 0.25) is 0 Å². The maximum absolute atomic E-state index is 12.7. The van der Waals surface area contributed by atoms with Crippen LogP contribution in [0.5, 0.6) is 5.75 Å². The molecule has 10 heteroatoms. The van der Waals surface area contributed by atoms with Crippen LogP contribution in [0.3, 0.4) is 0 Å². The molecule has 2 aliphatic rings. The van der Waals surface area contributed by atoms with Gasteiger partial charge >= 0.3 is 6.36 Å². The lowest BCUT2D eigenvalue weighted by atomic mass is 10.0. The fourth-order valence-electron chi connectivity index (χ4n) is 3.74. The van der Waals surface area contributed by atoms with Crippen molar-refractivity contribution in [2.45, 2.75) is 51.1 Å². The minimum atomic E-state index is -4.70. The van der Waals surface area contributed by atoms with Gasteiger partial charge in [0.25, 0.3) is 0 Å². The van der Waals surface area contributed by atoms with Crippen molar-refractivity contribution in [2.75, 3.05) is 39.4 Å². The van der Waals surface area contributed by atoms with Crippen LogP contribution in [0, 0.1) is 0 Å². The number of nitrogens with one attached hydrogen (secondary N) is 2. The van der Waals surface area contributed by atoms with Crippen LogP contribution in [0.15, 0.2) is 29.3 Å². The molecule has 2 unspecified atom stereocenters. The molecule has 0 radical (unpaired) electrons. The quantitative estimate of drug-likeness (QED) is 0.305. The summed E-state index contributed by atoms with van der Waals surface area (Å²) in [6, 6.07) is 6.36. The summed E-state index contributed by atoms with van der Waals surface area (Å²) in [4.78, 5) is 7.12. The smallest absolute Gasteiger partial charge is 0.405 e. The second kappa shape index (κ2) is 11.0. The van der Waals surface area contributed by atoms with Crippen LogP contribution in [-0.4, -0.2) is 68.2 Å². The summed E-state index contributed by atoms with van der Waals surface area (Å²) in [5.74, 6) is 0.509. The molecule has 1 aliphatic carbocycles. The molecular weight excluding hydrogens is 524 g/mol.